The Bertz CT molecular complexity index is 115. The van der Waals surface area contributed by atoms with Crippen LogP contribution in [0.1, 0.15) is 47.5 Å². The van der Waals surface area contributed by atoms with Gasteiger partial charge in [0.05, 0.1) is 12.8 Å². The third-order valence-electron chi connectivity index (χ3n) is 2.53. The summed E-state index contributed by atoms with van der Waals surface area (Å²) < 4.78 is 5.56. The number of ether oxygens (including phenoxy) is 1. The fourth-order valence-electron chi connectivity index (χ4n) is 1.27. The lowest BCUT2D eigenvalue weighted by molar-refractivity contribution is 0.0410. The molecule has 0 spiro atoms. The van der Waals surface area contributed by atoms with Gasteiger partial charge in [-0.1, -0.05) is 27.7 Å². The van der Waals surface area contributed by atoms with E-state index in [4.69, 9.17) is 4.74 Å². The first kappa shape index (κ1) is 12.9. The lowest BCUT2D eigenvalue weighted by Crippen LogP contribution is -2.35. The predicted molar refractivity (Wildman–Crippen MR) is 57.8 cm³/mol. The Morgan fingerprint density at radius 1 is 1.08 bits per heavy atom. The summed E-state index contributed by atoms with van der Waals surface area (Å²) in [5, 5.41) is 3.41. The summed E-state index contributed by atoms with van der Waals surface area (Å²) in [6, 6.07) is 0.587. The van der Waals surface area contributed by atoms with Crippen LogP contribution in [0.3, 0.4) is 0 Å². The minimum Gasteiger partial charge on any atom is -0.363 e. The SMILES string of the molecule is CCC(C)OCNC(CC)C(C)C. The van der Waals surface area contributed by atoms with Gasteiger partial charge in [-0.05, 0) is 25.7 Å². The van der Waals surface area contributed by atoms with Gasteiger partial charge < -0.3 is 4.74 Å². The van der Waals surface area contributed by atoms with E-state index in [2.05, 4.69) is 39.9 Å². The van der Waals surface area contributed by atoms with Crippen LogP contribution in [0.15, 0.2) is 0 Å². The largest absolute Gasteiger partial charge is 0.363 e. The summed E-state index contributed by atoms with van der Waals surface area (Å²) in [6.07, 6.45) is 2.62. The molecule has 0 aromatic heterocycles. The monoisotopic (exact) mass is 187 g/mol. The molecule has 0 saturated heterocycles. The average Bonchev–Trinajstić information content (AvgIpc) is 2.11. The van der Waals surface area contributed by atoms with Crippen LogP contribution in [0.4, 0.5) is 0 Å². The molecule has 2 heteroatoms. The number of hydrogen-bond acceptors (Lipinski definition) is 2. The Kier molecular flexibility index (Phi) is 7.29. The summed E-state index contributed by atoms with van der Waals surface area (Å²) in [7, 11) is 0. The molecule has 0 aromatic rings. The summed E-state index contributed by atoms with van der Waals surface area (Å²) in [4.78, 5) is 0. The van der Waals surface area contributed by atoms with Crippen molar-refractivity contribution in [2.24, 2.45) is 5.92 Å². The molecule has 2 atom stereocenters. The number of hydrogen-bond donors (Lipinski definition) is 1. The first-order chi connectivity index (χ1) is 6.11. The molecule has 1 N–H and O–H groups in total. The highest BCUT2D eigenvalue weighted by molar-refractivity contribution is 4.66. The van der Waals surface area contributed by atoms with Crippen LogP contribution in [0.5, 0.6) is 0 Å². The topological polar surface area (TPSA) is 21.3 Å². The normalized spacial score (nSPS) is 16.2. The molecule has 0 bridgehead atoms. The van der Waals surface area contributed by atoms with Gasteiger partial charge in [-0.3, -0.25) is 5.32 Å². The van der Waals surface area contributed by atoms with E-state index in [9.17, 15) is 0 Å². The first-order valence-corrected chi connectivity index (χ1v) is 5.46. The van der Waals surface area contributed by atoms with Crippen molar-refractivity contribution in [2.75, 3.05) is 6.73 Å². The maximum Gasteiger partial charge on any atom is 0.0971 e. The van der Waals surface area contributed by atoms with Crippen molar-refractivity contribution in [1.29, 1.82) is 0 Å². The summed E-state index contributed by atoms with van der Waals surface area (Å²) in [6.45, 7) is 11.6. The van der Waals surface area contributed by atoms with E-state index in [0.29, 0.717) is 24.8 Å². The third kappa shape index (κ3) is 6.05. The van der Waals surface area contributed by atoms with Crippen molar-refractivity contribution >= 4 is 0 Å². The van der Waals surface area contributed by atoms with Crippen molar-refractivity contribution < 1.29 is 4.74 Å². The van der Waals surface area contributed by atoms with Crippen LogP contribution in [0.25, 0.3) is 0 Å². The molecule has 0 aliphatic carbocycles. The van der Waals surface area contributed by atoms with Crippen LogP contribution in [-0.4, -0.2) is 18.9 Å². The maximum absolute atomic E-state index is 5.56. The Morgan fingerprint density at radius 3 is 2.08 bits per heavy atom. The van der Waals surface area contributed by atoms with Crippen molar-refractivity contribution in [3.63, 3.8) is 0 Å². The van der Waals surface area contributed by atoms with Gasteiger partial charge in [0.2, 0.25) is 0 Å². The smallest absolute Gasteiger partial charge is 0.0971 e. The van der Waals surface area contributed by atoms with Crippen LogP contribution >= 0.6 is 0 Å². The summed E-state index contributed by atoms with van der Waals surface area (Å²) >= 11 is 0. The van der Waals surface area contributed by atoms with E-state index in [0.717, 1.165) is 6.42 Å². The zero-order valence-electron chi connectivity index (χ0n) is 9.76. The molecular weight excluding hydrogens is 162 g/mol. The van der Waals surface area contributed by atoms with Gasteiger partial charge in [-0.15, -0.1) is 0 Å². The molecule has 80 valence electrons. The van der Waals surface area contributed by atoms with Crippen LogP contribution in [0.2, 0.25) is 0 Å². The highest BCUT2D eigenvalue weighted by atomic mass is 16.5. The van der Waals surface area contributed by atoms with Gasteiger partial charge in [0.25, 0.3) is 0 Å². The van der Waals surface area contributed by atoms with Gasteiger partial charge in [-0.2, -0.15) is 0 Å². The molecule has 0 radical (unpaired) electrons. The maximum atomic E-state index is 5.56. The summed E-state index contributed by atoms with van der Waals surface area (Å²) in [5.41, 5.74) is 0. The second-order valence-corrected chi connectivity index (χ2v) is 3.99. The molecular formula is C11H25NO. The van der Waals surface area contributed by atoms with Gasteiger partial charge in [0.15, 0.2) is 0 Å². The Balaban J connectivity index is 3.49. The highest BCUT2D eigenvalue weighted by Gasteiger charge is 2.09. The van der Waals surface area contributed by atoms with Gasteiger partial charge in [-0.25, -0.2) is 0 Å². The quantitative estimate of drug-likeness (QED) is 0.619. The van der Waals surface area contributed by atoms with Gasteiger partial charge >= 0.3 is 0 Å². The minimum absolute atomic E-state index is 0.372. The third-order valence-corrected chi connectivity index (χ3v) is 2.53. The van der Waals surface area contributed by atoms with Crippen LogP contribution in [-0.2, 0) is 4.74 Å². The fraction of sp³-hybridized carbons (Fsp3) is 1.00. The lowest BCUT2D eigenvalue weighted by Gasteiger charge is -2.21. The molecule has 0 aromatic carbocycles. The molecule has 2 nitrogen and oxygen atoms in total. The van der Waals surface area contributed by atoms with E-state index >= 15 is 0 Å². The highest BCUT2D eigenvalue weighted by Crippen LogP contribution is 2.05. The second-order valence-electron chi connectivity index (χ2n) is 3.99. The molecule has 0 fully saturated rings. The molecule has 0 heterocycles. The number of nitrogens with one attached hydrogen (secondary N) is 1. The Labute approximate surface area is 83.1 Å². The minimum atomic E-state index is 0.372. The molecule has 2 unspecified atom stereocenters. The van der Waals surface area contributed by atoms with Crippen molar-refractivity contribution in [1.82, 2.24) is 5.32 Å². The Hall–Kier alpha value is -0.0800. The average molecular weight is 187 g/mol. The van der Waals surface area contributed by atoms with Crippen molar-refractivity contribution in [3.05, 3.63) is 0 Å². The van der Waals surface area contributed by atoms with Gasteiger partial charge in [0.1, 0.15) is 0 Å². The molecule has 0 saturated carbocycles. The fourth-order valence-corrected chi connectivity index (χ4v) is 1.27. The standard InChI is InChI=1S/C11H25NO/c1-6-10(5)13-8-12-11(7-2)9(3)4/h9-12H,6-8H2,1-5H3. The zero-order valence-corrected chi connectivity index (χ0v) is 9.76. The van der Waals surface area contributed by atoms with E-state index in [1.165, 1.54) is 6.42 Å². The summed E-state index contributed by atoms with van der Waals surface area (Å²) in [5.74, 6) is 0.686. The van der Waals surface area contributed by atoms with E-state index in [1.807, 2.05) is 0 Å². The number of rotatable bonds is 7. The molecule has 0 rings (SSSR count). The van der Waals surface area contributed by atoms with Crippen LogP contribution < -0.4 is 5.32 Å². The Morgan fingerprint density at radius 2 is 1.69 bits per heavy atom. The predicted octanol–water partition coefficient (Wildman–Crippen LogP) is 2.78. The van der Waals surface area contributed by atoms with E-state index < -0.39 is 0 Å². The van der Waals surface area contributed by atoms with Gasteiger partial charge in [0, 0.05) is 6.04 Å². The zero-order chi connectivity index (χ0) is 10.3. The first-order valence-electron chi connectivity index (χ1n) is 5.46. The lowest BCUT2D eigenvalue weighted by atomic mass is 10.0. The van der Waals surface area contributed by atoms with E-state index in [1.54, 1.807) is 0 Å². The molecule has 0 amide bonds. The second kappa shape index (κ2) is 7.34. The van der Waals surface area contributed by atoms with Crippen molar-refractivity contribution in [2.45, 2.75) is 59.6 Å². The van der Waals surface area contributed by atoms with Crippen molar-refractivity contribution in [3.8, 4) is 0 Å². The molecule has 0 aliphatic heterocycles. The molecule has 0 aliphatic rings. The van der Waals surface area contributed by atoms with Crippen LogP contribution in [0, 0.1) is 5.92 Å². The van der Waals surface area contributed by atoms with E-state index in [-0.39, 0.29) is 0 Å². The molecule has 13 heavy (non-hydrogen) atoms.